The van der Waals surface area contributed by atoms with Crippen molar-refractivity contribution in [2.24, 2.45) is 5.92 Å². The van der Waals surface area contributed by atoms with E-state index in [0.717, 1.165) is 0 Å². The summed E-state index contributed by atoms with van der Waals surface area (Å²) in [6.07, 6.45) is 0.440. The molecule has 0 radical (unpaired) electrons. The molecule has 19 heavy (non-hydrogen) atoms. The predicted molar refractivity (Wildman–Crippen MR) is 65.9 cm³/mol. The van der Waals surface area contributed by atoms with Crippen molar-refractivity contribution < 1.29 is 18.3 Å². The van der Waals surface area contributed by atoms with Crippen molar-refractivity contribution in [1.29, 1.82) is 0 Å². The van der Waals surface area contributed by atoms with Gasteiger partial charge in [-0.2, -0.15) is 5.10 Å². The predicted octanol–water partition coefficient (Wildman–Crippen LogP) is 2.82. The lowest BCUT2D eigenvalue weighted by molar-refractivity contribution is 0.0816. The summed E-state index contributed by atoms with van der Waals surface area (Å²) in [5, 5.41) is 4.04. The summed E-state index contributed by atoms with van der Waals surface area (Å²) in [4.78, 5) is 11.9. The number of ether oxygens (including phenoxy) is 1. The monoisotopic (exact) mass is 268 g/mol. The number of Topliss-reactive ketones (excluding diaryl/α,β-unsaturated/α-hetero) is 1. The lowest BCUT2D eigenvalue weighted by Crippen LogP contribution is -2.08. The van der Waals surface area contributed by atoms with Gasteiger partial charge in [-0.1, -0.05) is 13.8 Å². The van der Waals surface area contributed by atoms with Gasteiger partial charge in [0.15, 0.2) is 5.78 Å². The molecule has 0 saturated heterocycles. The van der Waals surface area contributed by atoms with Crippen LogP contribution < -0.4 is 4.74 Å². The summed E-state index contributed by atoms with van der Waals surface area (Å²) in [5.74, 6) is 0.165. The number of aromatic nitrogens is 2. The summed E-state index contributed by atoms with van der Waals surface area (Å²) in [7, 11) is 0. The highest BCUT2D eigenvalue weighted by Gasteiger charge is 2.16. The smallest absolute Gasteiger partial charge is 0.272 e. The highest BCUT2D eigenvalue weighted by Crippen LogP contribution is 2.19. The van der Waals surface area contributed by atoms with E-state index in [-0.39, 0.29) is 11.7 Å². The van der Waals surface area contributed by atoms with E-state index >= 15 is 0 Å². The maximum atomic E-state index is 12.0. The maximum Gasteiger partial charge on any atom is 0.272 e. The number of ketones is 1. The fraction of sp³-hybridized carbons (Fsp3) is 0.385. The molecule has 0 aliphatic heterocycles. The third kappa shape index (κ3) is 2.89. The minimum absolute atomic E-state index is 0.00347. The Morgan fingerprint density at radius 3 is 2.79 bits per heavy atom. The SMILES string of the molecule is CC(C)C(=O)c1cnn2cc(OCC(F)F)ccc12. The van der Waals surface area contributed by atoms with Gasteiger partial charge < -0.3 is 4.74 Å². The van der Waals surface area contributed by atoms with Crippen LogP contribution in [-0.2, 0) is 0 Å². The van der Waals surface area contributed by atoms with Crippen molar-refractivity contribution >= 4 is 11.3 Å². The first-order valence-corrected chi connectivity index (χ1v) is 5.91. The van der Waals surface area contributed by atoms with E-state index in [9.17, 15) is 13.6 Å². The average molecular weight is 268 g/mol. The first-order valence-electron chi connectivity index (χ1n) is 5.91. The van der Waals surface area contributed by atoms with Crippen molar-refractivity contribution in [1.82, 2.24) is 9.61 Å². The van der Waals surface area contributed by atoms with Crippen LogP contribution in [-0.4, -0.2) is 28.4 Å². The van der Waals surface area contributed by atoms with Gasteiger partial charge in [-0.25, -0.2) is 13.3 Å². The topological polar surface area (TPSA) is 43.6 Å². The third-order valence-corrected chi connectivity index (χ3v) is 2.65. The molecule has 0 bridgehead atoms. The molecular weight excluding hydrogens is 254 g/mol. The summed E-state index contributed by atoms with van der Waals surface area (Å²) in [6, 6.07) is 3.19. The van der Waals surface area contributed by atoms with Crippen LogP contribution in [0.3, 0.4) is 0 Å². The van der Waals surface area contributed by atoms with Crippen molar-refractivity contribution in [3.05, 3.63) is 30.1 Å². The van der Waals surface area contributed by atoms with Gasteiger partial charge in [0.2, 0.25) is 0 Å². The quantitative estimate of drug-likeness (QED) is 0.783. The van der Waals surface area contributed by atoms with Crippen LogP contribution in [0.1, 0.15) is 24.2 Å². The highest BCUT2D eigenvalue weighted by atomic mass is 19.3. The van der Waals surface area contributed by atoms with E-state index in [1.165, 1.54) is 16.9 Å². The van der Waals surface area contributed by atoms with Crippen molar-refractivity contribution in [3.8, 4) is 5.75 Å². The van der Waals surface area contributed by atoms with E-state index in [0.29, 0.717) is 16.8 Å². The number of hydrogen-bond donors (Lipinski definition) is 0. The number of pyridine rings is 1. The van der Waals surface area contributed by atoms with Gasteiger partial charge in [0, 0.05) is 5.92 Å². The van der Waals surface area contributed by atoms with E-state index in [1.807, 2.05) is 13.8 Å². The number of nitrogens with zero attached hydrogens (tertiary/aromatic N) is 2. The van der Waals surface area contributed by atoms with Gasteiger partial charge >= 0.3 is 0 Å². The molecule has 0 atom stereocenters. The number of carbonyl (C=O) groups is 1. The number of rotatable bonds is 5. The second kappa shape index (κ2) is 5.34. The van der Waals surface area contributed by atoms with Gasteiger partial charge in [0.1, 0.15) is 12.4 Å². The zero-order valence-corrected chi connectivity index (χ0v) is 10.6. The number of halogens is 2. The van der Waals surface area contributed by atoms with Gasteiger partial charge in [-0.15, -0.1) is 0 Å². The molecule has 2 rings (SSSR count). The molecular formula is C13H14F2N2O2. The first-order chi connectivity index (χ1) is 8.99. The normalized spacial score (nSPS) is 11.5. The Kier molecular flexibility index (Phi) is 3.78. The Morgan fingerprint density at radius 2 is 2.16 bits per heavy atom. The van der Waals surface area contributed by atoms with Crippen molar-refractivity contribution in [2.75, 3.05) is 6.61 Å². The fourth-order valence-corrected chi connectivity index (χ4v) is 1.71. The molecule has 2 heterocycles. The molecule has 0 N–H and O–H groups in total. The molecule has 0 saturated carbocycles. The van der Waals surface area contributed by atoms with Crippen LogP contribution >= 0.6 is 0 Å². The average Bonchev–Trinajstić information content (AvgIpc) is 2.78. The number of hydrogen-bond acceptors (Lipinski definition) is 3. The minimum Gasteiger partial charge on any atom is -0.486 e. The number of alkyl halides is 2. The largest absolute Gasteiger partial charge is 0.486 e. The number of fused-ring (bicyclic) bond motifs is 1. The lowest BCUT2D eigenvalue weighted by Gasteiger charge is -2.06. The fourth-order valence-electron chi connectivity index (χ4n) is 1.71. The second-order valence-electron chi connectivity index (χ2n) is 4.47. The van der Waals surface area contributed by atoms with Crippen LogP contribution in [0.5, 0.6) is 5.75 Å². The van der Waals surface area contributed by atoms with Crippen LogP contribution in [0, 0.1) is 5.92 Å². The zero-order chi connectivity index (χ0) is 14.0. The molecule has 0 aliphatic rings. The maximum absolute atomic E-state index is 12.0. The van der Waals surface area contributed by atoms with E-state index in [1.54, 1.807) is 12.1 Å². The van der Waals surface area contributed by atoms with E-state index in [2.05, 4.69) is 5.10 Å². The molecule has 2 aromatic rings. The van der Waals surface area contributed by atoms with Crippen molar-refractivity contribution in [3.63, 3.8) is 0 Å². The Balaban J connectivity index is 2.29. The summed E-state index contributed by atoms with van der Waals surface area (Å²) in [6.45, 7) is 2.96. The first kappa shape index (κ1) is 13.5. The Morgan fingerprint density at radius 1 is 1.42 bits per heavy atom. The molecule has 0 spiro atoms. The van der Waals surface area contributed by atoms with Gasteiger partial charge in [0.25, 0.3) is 6.43 Å². The molecule has 6 heteroatoms. The highest BCUT2D eigenvalue weighted by molar-refractivity contribution is 6.03. The Labute approximate surface area is 109 Å². The third-order valence-electron chi connectivity index (χ3n) is 2.65. The summed E-state index contributed by atoms with van der Waals surface area (Å²) in [5.41, 5.74) is 1.17. The molecule has 0 unspecified atom stereocenters. The van der Waals surface area contributed by atoms with Gasteiger partial charge in [-0.05, 0) is 12.1 Å². The van der Waals surface area contributed by atoms with Crippen LogP contribution in [0.15, 0.2) is 24.5 Å². The lowest BCUT2D eigenvalue weighted by atomic mass is 10.0. The minimum atomic E-state index is -2.52. The molecule has 0 aliphatic carbocycles. The molecule has 0 aromatic carbocycles. The zero-order valence-electron chi connectivity index (χ0n) is 10.6. The van der Waals surface area contributed by atoms with Crippen LogP contribution in [0.4, 0.5) is 8.78 Å². The molecule has 4 nitrogen and oxygen atoms in total. The summed E-state index contributed by atoms with van der Waals surface area (Å²) >= 11 is 0. The molecule has 0 fully saturated rings. The molecule has 2 aromatic heterocycles. The summed E-state index contributed by atoms with van der Waals surface area (Å²) < 4.78 is 30.4. The van der Waals surface area contributed by atoms with Crippen LogP contribution in [0.25, 0.3) is 5.52 Å². The van der Waals surface area contributed by atoms with Crippen molar-refractivity contribution in [2.45, 2.75) is 20.3 Å². The Hall–Kier alpha value is -1.98. The van der Waals surface area contributed by atoms with E-state index < -0.39 is 13.0 Å². The van der Waals surface area contributed by atoms with E-state index in [4.69, 9.17) is 4.74 Å². The van der Waals surface area contributed by atoms with Gasteiger partial charge in [0.05, 0.1) is 23.5 Å². The number of carbonyl (C=O) groups excluding carboxylic acids is 1. The molecule has 102 valence electrons. The van der Waals surface area contributed by atoms with Gasteiger partial charge in [-0.3, -0.25) is 4.79 Å². The Bertz CT molecular complexity index is 593. The van der Waals surface area contributed by atoms with Crippen LogP contribution in [0.2, 0.25) is 0 Å². The standard InChI is InChI=1S/C13H14F2N2O2/c1-8(2)13(18)10-5-16-17-6-9(3-4-11(10)17)19-7-12(14)15/h3-6,8,12H,7H2,1-2H3. The molecule has 0 amide bonds. The second-order valence-corrected chi connectivity index (χ2v) is 4.47.